The molecule has 0 spiro atoms. The summed E-state index contributed by atoms with van der Waals surface area (Å²) < 4.78 is 26.5. The van der Waals surface area contributed by atoms with Gasteiger partial charge in [-0.15, -0.1) is 0 Å². The number of piperidine rings is 1. The summed E-state index contributed by atoms with van der Waals surface area (Å²) in [5, 5.41) is 9.74. The van der Waals surface area contributed by atoms with E-state index in [1.807, 2.05) is 0 Å². The highest BCUT2D eigenvalue weighted by Gasteiger charge is 2.21. The van der Waals surface area contributed by atoms with Crippen molar-refractivity contribution < 1.29 is 18.3 Å². The molecule has 0 unspecified atom stereocenters. The molecule has 0 atom stereocenters. The second kappa shape index (κ2) is 7.41. The molecular formula is C14H19ClN2O4S. The van der Waals surface area contributed by atoms with Crippen LogP contribution in [0.4, 0.5) is 0 Å². The second-order valence-corrected chi connectivity index (χ2v) is 7.42. The van der Waals surface area contributed by atoms with E-state index in [0.29, 0.717) is 31.0 Å². The molecule has 0 aromatic heterocycles. The van der Waals surface area contributed by atoms with Gasteiger partial charge in [-0.05, 0) is 31.0 Å². The molecule has 1 amide bonds. The van der Waals surface area contributed by atoms with E-state index in [2.05, 4.69) is 4.72 Å². The summed E-state index contributed by atoms with van der Waals surface area (Å²) in [5.74, 6) is -0.110. The van der Waals surface area contributed by atoms with Crippen LogP contribution in [0.15, 0.2) is 29.2 Å². The van der Waals surface area contributed by atoms with Gasteiger partial charge in [-0.25, -0.2) is 13.1 Å². The van der Waals surface area contributed by atoms with E-state index in [1.165, 1.54) is 12.1 Å². The number of likely N-dealkylation sites (tertiary alicyclic amines) is 1. The van der Waals surface area contributed by atoms with Crippen LogP contribution in [0, 0.1) is 0 Å². The average Bonchev–Trinajstić information content (AvgIpc) is 2.47. The van der Waals surface area contributed by atoms with Gasteiger partial charge in [0.2, 0.25) is 15.9 Å². The predicted molar refractivity (Wildman–Crippen MR) is 83.1 cm³/mol. The summed E-state index contributed by atoms with van der Waals surface area (Å²) in [4.78, 5) is 13.7. The number of hydrogen-bond acceptors (Lipinski definition) is 4. The minimum atomic E-state index is -3.66. The lowest BCUT2D eigenvalue weighted by Crippen LogP contribution is -2.41. The first-order valence-electron chi connectivity index (χ1n) is 7.09. The van der Waals surface area contributed by atoms with E-state index in [-0.39, 0.29) is 29.9 Å². The zero-order chi connectivity index (χ0) is 16.2. The molecule has 2 rings (SSSR count). The van der Waals surface area contributed by atoms with Crippen LogP contribution in [0.1, 0.15) is 19.3 Å². The Labute approximate surface area is 135 Å². The first-order valence-corrected chi connectivity index (χ1v) is 8.96. The predicted octanol–water partition coefficient (Wildman–Crippen LogP) is 0.992. The van der Waals surface area contributed by atoms with Crippen LogP contribution in [-0.2, 0) is 14.8 Å². The number of sulfonamides is 1. The Kier molecular flexibility index (Phi) is 5.80. The number of carbonyl (C=O) groups excluding carboxylic acids is 1. The zero-order valence-corrected chi connectivity index (χ0v) is 13.6. The Bertz CT molecular complexity index is 627. The fraction of sp³-hybridized carbons (Fsp3) is 0.500. The van der Waals surface area contributed by atoms with Crippen molar-refractivity contribution in [2.45, 2.75) is 30.3 Å². The van der Waals surface area contributed by atoms with Gasteiger partial charge in [0.15, 0.2) is 0 Å². The van der Waals surface area contributed by atoms with Crippen molar-refractivity contribution in [1.82, 2.24) is 9.62 Å². The van der Waals surface area contributed by atoms with E-state index in [4.69, 9.17) is 11.6 Å². The lowest BCUT2D eigenvalue weighted by molar-refractivity contribution is -0.132. The van der Waals surface area contributed by atoms with Gasteiger partial charge in [-0.2, -0.15) is 0 Å². The molecule has 1 aliphatic heterocycles. The topological polar surface area (TPSA) is 86.7 Å². The quantitative estimate of drug-likeness (QED) is 0.832. The standard InChI is InChI=1S/C14H19ClN2O4S/c15-11-2-1-3-13(10-11)22(20,21)16-7-4-14(19)17-8-5-12(18)6-9-17/h1-3,10,12,16,18H,4-9H2. The van der Waals surface area contributed by atoms with Crippen LogP contribution in [0.2, 0.25) is 5.02 Å². The highest BCUT2D eigenvalue weighted by atomic mass is 35.5. The summed E-state index contributed by atoms with van der Waals surface area (Å²) in [7, 11) is -3.66. The number of amides is 1. The number of hydrogen-bond donors (Lipinski definition) is 2. The van der Waals surface area contributed by atoms with Gasteiger partial charge in [0.1, 0.15) is 0 Å². The third-order valence-corrected chi connectivity index (χ3v) is 5.25. The molecule has 0 bridgehead atoms. The first-order chi connectivity index (χ1) is 10.4. The Morgan fingerprint density at radius 3 is 2.68 bits per heavy atom. The number of carbonyl (C=O) groups is 1. The number of benzene rings is 1. The first kappa shape index (κ1) is 17.2. The summed E-state index contributed by atoms with van der Waals surface area (Å²) in [5.41, 5.74) is 0. The Hall–Kier alpha value is -1.15. The van der Waals surface area contributed by atoms with Gasteiger partial charge in [0, 0.05) is 31.1 Å². The fourth-order valence-electron chi connectivity index (χ4n) is 2.28. The number of nitrogens with zero attached hydrogens (tertiary/aromatic N) is 1. The van der Waals surface area contributed by atoms with Crippen LogP contribution >= 0.6 is 11.6 Å². The fourth-order valence-corrected chi connectivity index (χ4v) is 3.62. The molecule has 0 aliphatic carbocycles. The van der Waals surface area contributed by atoms with E-state index in [1.54, 1.807) is 17.0 Å². The average molecular weight is 347 g/mol. The molecule has 1 fully saturated rings. The number of nitrogens with one attached hydrogen (secondary N) is 1. The molecule has 6 nitrogen and oxygen atoms in total. The van der Waals surface area contributed by atoms with Crippen LogP contribution < -0.4 is 4.72 Å². The molecule has 1 saturated heterocycles. The normalized spacial score (nSPS) is 16.7. The SMILES string of the molecule is O=C(CCNS(=O)(=O)c1cccc(Cl)c1)N1CCC(O)CC1. The van der Waals surface area contributed by atoms with E-state index in [9.17, 15) is 18.3 Å². The number of rotatable bonds is 5. The van der Waals surface area contributed by atoms with Gasteiger partial charge in [-0.1, -0.05) is 17.7 Å². The lowest BCUT2D eigenvalue weighted by Gasteiger charge is -2.29. The molecule has 1 heterocycles. The molecule has 1 aliphatic rings. The van der Waals surface area contributed by atoms with Crippen molar-refractivity contribution in [2.24, 2.45) is 0 Å². The van der Waals surface area contributed by atoms with E-state index >= 15 is 0 Å². The Morgan fingerprint density at radius 1 is 1.36 bits per heavy atom. The number of aliphatic hydroxyl groups excluding tert-OH is 1. The second-order valence-electron chi connectivity index (χ2n) is 5.22. The molecule has 1 aromatic rings. The number of aliphatic hydroxyl groups is 1. The van der Waals surface area contributed by atoms with Crippen molar-refractivity contribution in [3.05, 3.63) is 29.3 Å². The molecule has 8 heteroatoms. The lowest BCUT2D eigenvalue weighted by atomic mass is 10.1. The summed E-state index contributed by atoms with van der Waals surface area (Å²) in [6.07, 6.45) is 0.890. The highest BCUT2D eigenvalue weighted by molar-refractivity contribution is 7.89. The maximum absolute atomic E-state index is 12.1. The minimum absolute atomic E-state index is 0.0345. The Morgan fingerprint density at radius 2 is 2.05 bits per heavy atom. The summed E-state index contributed by atoms with van der Waals surface area (Å²) in [6, 6.07) is 5.95. The third-order valence-electron chi connectivity index (χ3n) is 3.55. The van der Waals surface area contributed by atoms with Crippen molar-refractivity contribution in [2.75, 3.05) is 19.6 Å². The van der Waals surface area contributed by atoms with Crippen LogP contribution in [0.25, 0.3) is 0 Å². The molecule has 0 radical (unpaired) electrons. The van der Waals surface area contributed by atoms with Crippen LogP contribution in [0.5, 0.6) is 0 Å². The van der Waals surface area contributed by atoms with Crippen molar-refractivity contribution in [3.8, 4) is 0 Å². The smallest absolute Gasteiger partial charge is 0.240 e. The molecule has 2 N–H and O–H groups in total. The third kappa shape index (κ3) is 4.67. The van der Waals surface area contributed by atoms with Crippen LogP contribution in [0.3, 0.4) is 0 Å². The zero-order valence-electron chi connectivity index (χ0n) is 12.0. The monoisotopic (exact) mass is 346 g/mol. The van der Waals surface area contributed by atoms with Gasteiger partial charge < -0.3 is 10.0 Å². The van der Waals surface area contributed by atoms with Crippen molar-refractivity contribution >= 4 is 27.5 Å². The van der Waals surface area contributed by atoms with Gasteiger partial charge in [-0.3, -0.25) is 4.79 Å². The summed E-state index contributed by atoms with van der Waals surface area (Å²) >= 11 is 5.78. The Balaban J connectivity index is 1.84. The van der Waals surface area contributed by atoms with Crippen molar-refractivity contribution in [1.29, 1.82) is 0 Å². The summed E-state index contributed by atoms with van der Waals surface area (Å²) in [6.45, 7) is 1.06. The largest absolute Gasteiger partial charge is 0.393 e. The van der Waals surface area contributed by atoms with E-state index in [0.717, 1.165) is 0 Å². The molecule has 0 saturated carbocycles. The minimum Gasteiger partial charge on any atom is -0.393 e. The maximum Gasteiger partial charge on any atom is 0.240 e. The number of halogens is 1. The molecule has 1 aromatic carbocycles. The van der Waals surface area contributed by atoms with Gasteiger partial charge in [0.25, 0.3) is 0 Å². The van der Waals surface area contributed by atoms with E-state index < -0.39 is 10.0 Å². The molecular weight excluding hydrogens is 328 g/mol. The highest BCUT2D eigenvalue weighted by Crippen LogP contribution is 2.15. The van der Waals surface area contributed by atoms with Gasteiger partial charge >= 0.3 is 0 Å². The van der Waals surface area contributed by atoms with Gasteiger partial charge in [0.05, 0.1) is 11.0 Å². The molecule has 122 valence electrons. The molecule has 22 heavy (non-hydrogen) atoms. The van der Waals surface area contributed by atoms with Crippen LogP contribution in [-0.4, -0.2) is 50.1 Å². The maximum atomic E-state index is 12.1. The van der Waals surface area contributed by atoms with Crippen molar-refractivity contribution in [3.63, 3.8) is 0 Å².